The highest BCUT2D eigenvalue weighted by molar-refractivity contribution is 5.95. The van der Waals surface area contributed by atoms with E-state index in [1.807, 2.05) is 0 Å². The SMILES string of the molecule is O=C1COc2cc(Nc3cnc(N4CCC(C(F)(F)F)CC4)nc3)ccc2N1. The summed E-state index contributed by atoms with van der Waals surface area (Å²) >= 11 is 0. The van der Waals surface area contributed by atoms with Crippen LogP contribution in [-0.4, -0.2) is 41.7 Å². The Hall–Kier alpha value is -3.04. The van der Waals surface area contributed by atoms with Crippen molar-refractivity contribution in [3.8, 4) is 5.75 Å². The molecular formula is C18H18F3N5O2. The van der Waals surface area contributed by atoms with E-state index >= 15 is 0 Å². The Balaban J connectivity index is 1.38. The predicted molar refractivity (Wildman–Crippen MR) is 96.9 cm³/mol. The van der Waals surface area contributed by atoms with Crippen molar-refractivity contribution in [2.45, 2.75) is 19.0 Å². The van der Waals surface area contributed by atoms with Gasteiger partial charge in [-0.25, -0.2) is 9.97 Å². The van der Waals surface area contributed by atoms with Crippen LogP contribution in [0.4, 0.5) is 36.2 Å². The van der Waals surface area contributed by atoms with Crippen LogP contribution in [0, 0.1) is 5.92 Å². The Morgan fingerprint density at radius 3 is 2.54 bits per heavy atom. The molecule has 2 aliphatic heterocycles. The maximum absolute atomic E-state index is 12.8. The van der Waals surface area contributed by atoms with Crippen molar-refractivity contribution in [3.05, 3.63) is 30.6 Å². The zero-order valence-electron chi connectivity index (χ0n) is 14.8. The summed E-state index contributed by atoms with van der Waals surface area (Å²) in [7, 11) is 0. The zero-order valence-corrected chi connectivity index (χ0v) is 14.8. The first-order valence-corrected chi connectivity index (χ1v) is 8.86. The van der Waals surface area contributed by atoms with E-state index in [9.17, 15) is 18.0 Å². The molecule has 0 bridgehead atoms. The highest BCUT2D eigenvalue weighted by Gasteiger charge is 2.41. The fourth-order valence-corrected chi connectivity index (χ4v) is 3.27. The van der Waals surface area contributed by atoms with Gasteiger partial charge in [-0.3, -0.25) is 4.79 Å². The maximum Gasteiger partial charge on any atom is 0.391 e. The lowest BCUT2D eigenvalue weighted by atomic mass is 9.96. The highest BCUT2D eigenvalue weighted by atomic mass is 19.4. The van der Waals surface area contributed by atoms with Gasteiger partial charge in [0, 0.05) is 24.8 Å². The lowest BCUT2D eigenvalue weighted by Gasteiger charge is -2.32. The number of ether oxygens (including phenoxy) is 1. The molecule has 1 aromatic carbocycles. The molecule has 1 amide bonds. The molecule has 10 heteroatoms. The number of carbonyl (C=O) groups is 1. The molecule has 28 heavy (non-hydrogen) atoms. The topological polar surface area (TPSA) is 79.4 Å². The van der Waals surface area contributed by atoms with Crippen molar-refractivity contribution in [3.63, 3.8) is 0 Å². The summed E-state index contributed by atoms with van der Waals surface area (Å²) in [6, 6.07) is 5.27. The Morgan fingerprint density at radius 2 is 1.86 bits per heavy atom. The van der Waals surface area contributed by atoms with Gasteiger partial charge in [0.25, 0.3) is 5.91 Å². The van der Waals surface area contributed by atoms with Gasteiger partial charge in [-0.2, -0.15) is 13.2 Å². The molecule has 4 rings (SSSR count). The summed E-state index contributed by atoms with van der Waals surface area (Å²) in [5.41, 5.74) is 1.97. The van der Waals surface area contributed by atoms with E-state index in [-0.39, 0.29) is 38.4 Å². The number of amides is 1. The zero-order chi connectivity index (χ0) is 19.7. The number of aromatic nitrogens is 2. The predicted octanol–water partition coefficient (Wildman–Crippen LogP) is 3.33. The van der Waals surface area contributed by atoms with Gasteiger partial charge in [0.2, 0.25) is 5.95 Å². The number of fused-ring (bicyclic) bond motifs is 1. The Bertz CT molecular complexity index is 865. The summed E-state index contributed by atoms with van der Waals surface area (Å²) in [5, 5.41) is 5.85. The second kappa shape index (κ2) is 7.17. The number of alkyl halides is 3. The van der Waals surface area contributed by atoms with E-state index in [1.165, 1.54) is 0 Å². The Morgan fingerprint density at radius 1 is 1.14 bits per heavy atom. The van der Waals surface area contributed by atoms with Gasteiger partial charge in [0.15, 0.2) is 6.61 Å². The number of benzene rings is 1. The van der Waals surface area contributed by atoms with E-state index in [0.717, 1.165) is 5.69 Å². The first-order chi connectivity index (χ1) is 13.4. The van der Waals surface area contributed by atoms with Crippen molar-refractivity contribution in [1.29, 1.82) is 0 Å². The summed E-state index contributed by atoms with van der Waals surface area (Å²) < 4.78 is 43.7. The van der Waals surface area contributed by atoms with Crippen molar-refractivity contribution in [2.75, 3.05) is 35.2 Å². The highest BCUT2D eigenvalue weighted by Crippen LogP contribution is 2.35. The Kier molecular flexibility index (Phi) is 4.70. The molecule has 0 spiro atoms. The fraction of sp³-hybridized carbons (Fsp3) is 0.389. The largest absolute Gasteiger partial charge is 0.482 e. The summed E-state index contributed by atoms with van der Waals surface area (Å²) in [6.07, 6.45) is -0.861. The third kappa shape index (κ3) is 3.95. The smallest absolute Gasteiger partial charge is 0.391 e. The molecule has 7 nitrogen and oxygen atoms in total. The van der Waals surface area contributed by atoms with Crippen molar-refractivity contribution in [1.82, 2.24) is 9.97 Å². The molecule has 0 aliphatic carbocycles. The normalized spacial score (nSPS) is 17.5. The number of hydrogen-bond donors (Lipinski definition) is 2. The number of anilines is 4. The second-order valence-corrected chi connectivity index (χ2v) is 6.75. The van der Waals surface area contributed by atoms with Gasteiger partial charge in [-0.1, -0.05) is 0 Å². The van der Waals surface area contributed by atoms with Crippen molar-refractivity contribution in [2.24, 2.45) is 5.92 Å². The molecule has 2 N–H and O–H groups in total. The van der Waals surface area contributed by atoms with Crippen LogP contribution in [0.15, 0.2) is 30.6 Å². The molecule has 1 fully saturated rings. The van der Waals surface area contributed by atoms with E-state index in [1.54, 1.807) is 35.5 Å². The van der Waals surface area contributed by atoms with Crippen LogP contribution in [0.1, 0.15) is 12.8 Å². The summed E-state index contributed by atoms with van der Waals surface area (Å²) in [5.74, 6) is -0.463. The average molecular weight is 393 g/mol. The number of piperidine rings is 1. The van der Waals surface area contributed by atoms with Crippen LogP contribution in [0.25, 0.3) is 0 Å². The summed E-state index contributed by atoms with van der Waals surface area (Å²) in [4.78, 5) is 21.6. The molecule has 2 aliphatic rings. The molecule has 3 heterocycles. The standard InChI is InChI=1S/C18H18F3N5O2/c19-18(20,21)11-3-5-26(6-4-11)17-22-8-13(9-23-17)24-12-1-2-14-15(7-12)28-10-16(27)25-14/h1-2,7-9,11,24H,3-6,10H2,(H,25,27). The number of carbonyl (C=O) groups excluding carboxylic acids is 1. The average Bonchev–Trinajstić information content (AvgIpc) is 2.68. The van der Waals surface area contributed by atoms with E-state index in [2.05, 4.69) is 20.6 Å². The molecule has 1 saturated heterocycles. The van der Waals surface area contributed by atoms with Crippen molar-refractivity contribution < 1.29 is 22.7 Å². The first kappa shape index (κ1) is 18.3. The maximum atomic E-state index is 12.8. The molecule has 0 unspecified atom stereocenters. The molecule has 1 aromatic heterocycles. The third-order valence-electron chi connectivity index (χ3n) is 4.78. The van der Waals surface area contributed by atoms with E-state index < -0.39 is 12.1 Å². The number of nitrogens with zero attached hydrogens (tertiary/aromatic N) is 3. The lowest BCUT2D eigenvalue weighted by molar-refractivity contribution is -0.179. The van der Waals surface area contributed by atoms with Crippen LogP contribution in [0.5, 0.6) is 5.75 Å². The Labute approximate surface area is 158 Å². The number of halogens is 3. The van der Waals surface area contributed by atoms with Crippen LogP contribution in [0.2, 0.25) is 0 Å². The molecule has 0 atom stereocenters. The van der Waals surface area contributed by atoms with Crippen LogP contribution in [0.3, 0.4) is 0 Å². The molecule has 2 aromatic rings. The van der Waals surface area contributed by atoms with E-state index in [4.69, 9.17) is 4.74 Å². The van der Waals surface area contributed by atoms with Crippen LogP contribution < -0.4 is 20.3 Å². The minimum atomic E-state index is -4.14. The summed E-state index contributed by atoms with van der Waals surface area (Å²) in [6.45, 7) is 0.537. The minimum absolute atomic E-state index is 0.0285. The molecule has 148 valence electrons. The van der Waals surface area contributed by atoms with Crippen LogP contribution in [-0.2, 0) is 4.79 Å². The third-order valence-corrected chi connectivity index (χ3v) is 4.78. The van der Waals surface area contributed by atoms with Crippen molar-refractivity contribution >= 4 is 28.9 Å². The van der Waals surface area contributed by atoms with Crippen LogP contribution >= 0.6 is 0 Å². The number of nitrogens with one attached hydrogen (secondary N) is 2. The monoisotopic (exact) mass is 393 g/mol. The fourth-order valence-electron chi connectivity index (χ4n) is 3.27. The van der Waals surface area contributed by atoms with Gasteiger partial charge >= 0.3 is 6.18 Å². The van der Waals surface area contributed by atoms with Gasteiger partial charge in [-0.15, -0.1) is 0 Å². The second-order valence-electron chi connectivity index (χ2n) is 6.75. The first-order valence-electron chi connectivity index (χ1n) is 8.86. The van der Waals surface area contributed by atoms with Gasteiger partial charge in [-0.05, 0) is 25.0 Å². The van der Waals surface area contributed by atoms with Gasteiger partial charge < -0.3 is 20.3 Å². The lowest BCUT2D eigenvalue weighted by Crippen LogP contribution is -2.39. The minimum Gasteiger partial charge on any atom is -0.482 e. The molecule has 0 saturated carbocycles. The quantitative estimate of drug-likeness (QED) is 0.833. The van der Waals surface area contributed by atoms with Gasteiger partial charge in [0.05, 0.1) is 29.7 Å². The molecular weight excluding hydrogens is 375 g/mol. The number of hydrogen-bond acceptors (Lipinski definition) is 6. The van der Waals surface area contributed by atoms with Gasteiger partial charge in [0.1, 0.15) is 5.75 Å². The number of rotatable bonds is 3. The molecule has 0 radical (unpaired) electrons. The van der Waals surface area contributed by atoms with E-state index in [0.29, 0.717) is 23.1 Å².